The fourth-order valence-electron chi connectivity index (χ4n) is 2.85. The van der Waals surface area contributed by atoms with Crippen LogP contribution in [0, 0.1) is 6.92 Å². The Morgan fingerprint density at radius 2 is 1.89 bits per heavy atom. The molecule has 0 unspecified atom stereocenters. The molecule has 0 fully saturated rings. The molecule has 8 nitrogen and oxygen atoms in total. The van der Waals surface area contributed by atoms with Crippen LogP contribution >= 0.6 is 0 Å². The standard InChI is InChI=1S/C20H18N4O4/c1-13-15(20(26)24(23-13)14-7-3-2-4-8-14)11-21-22-19(25)18-12-27-16-9-5-6-10-17(16)28-18/h2-11,18,23H,12H2,1H3,(H,22,25)/b21-11-/t18-/m0/s1. The van der Waals surface area contributed by atoms with Gasteiger partial charge in [0.25, 0.3) is 11.5 Å². The SMILES string of the molecule is Cc1[nH]n(-c2ccccc2)c(=O)c1/C=N\NC(=O)[C@@H]1COc2ccccc2O1. The van der Waals surface area contributed by atoms with Gasteiger partial charge in [0.15, 0.2) is 11.5 Å². The molecule has 142 valence electrons. The minimum absolute atomic E-state index is 0.0857. The zero-order valence-corrected chi connectivity index (χ0v) is 15.1. The van der Waals surface area contributed by atoms with Gasteiger partial charge in [-0.25, -0.2) is 10.1 Å². The molecule has 0 saturated carbocycles. The first kappa shape index (κ1) is 17.6. The van der Waals surface area contributed by atoms with Crippen molar-refractivity contribution in [2.75, 3.05) is 6.61 Å². The van der Waals surface area contributed by atoms with Crippen molar-refractivity contribution < 1.29 is 14.3 Å². The summed E-state index contributed by atoms with van der Waals surface area (Å²) in [4.78, 5) is 24.9. The summed E-state index contributed by atoms with van der Waals surface area (Å²) in [6.45, 7) is 1.85. The van der Waals surface area contributed by atoms with Gasteiger partial charge < -0.3 is 9.47 Å². The number of rotatable bonds is 4. The first-order valence-corrected chi connectivity index (χ1v) is 8.72. The summed E-state index contributed by atoms with van der Waals surface area (Å²) in [6.07, 6.45) is 0.503. The van der Waals surface area contributed by atoms with Crippen LogP contribution in [-0.2, 0) is 4.79 Å². The Bertz CT molecular complexity index is 1090. The molecule has 0 bridgehead atoms. The predicted octanol–water partition coefficient (Wildman–Crippen LogP) is 1.76. The van der Waals surface area contributed by atoms with Crippen LogP contribution in [0.4, 0.5) is 0 Å². The summed E-state index contributed by atoms with van der Waals surface area (Å²) in [5.74, 6) is 0.645. The minimum atomic E-state index is -0.819. The third kappa shape index (κ3) is 3.39. The second-order valence-electron chi connectivity index (χ2n) is 6.23. The molecule has 4 rings (SSSR count). The highest BCUT2D eigenvalue weighted by molar-refractivity contribution is 5.85. The zero-order valence-electron chi connectivity index (χ0n) is 15.1. The van der Waals surface area contributed by atoms with Crippen molar-refractivity contribution >= 4 is 12.1 Å². The van der Waals surface area contributed by atoms with Crippen LogP contribution in [0.1, 0.15) is 11.3 Å². The molecule has 0 spiro atoms. The van der Waals surface area contributed by atoms with Crippen LogP contribution in [-0.4, -0.2) is 34.6 Å². The van der Waals surface area contributed by atoms with Gasteiger partial charge in [0, 0.05) is 5.69 Å². The van der Waals surface area contributed by atoms with E-state index in [9.17, 15) is 9.59 Å². The second-order valence-corrected chi connectivity index (χ2v) is 6.23. The molecular formula is C20H18N4O4. The number of aromatic amines is 1. The fraction of sp³-hybridized carbons (Fsp3) is 0.150. The highest BCUT2D eigenvalue weighted by atomic mass is 16.6. The average molecular weight is 378 g/mol. The number of H-pyrrole nitrogens is 1. The van der Waals surface area contributed by atoms with E-state index in [4.69, 9.17) is 9.47 Å². The molecule has 0 aliphatic carbocycles. The van der Waals surface area contributed by atoms with E-state index in [2.05, 4.69) is 15.6 Å². The molecule has 8 heteroatoms. The van der Waals surface area contributed by atoms with Crippen molar-refractivity contribution in [1.82, 2.24) is 15.2 Å². The molecule has 1 aliphatic heterocycles. The van der Waals surface area contributed by atoms with E-state index in [1.54, 1.807) is 25.1 Å². The maximum Gasteiger partial charge on any atom is 0.284 e. The lowest BCUT2D eigenvalue weighted by Gasteiger charge is -2.24. The van der Waals surface area contributed by atoms with E-state index in [1.807, 2.05) is 36.4 Å². The number of carbonyl (C=O) groups is 1. The smallest absolute Gasteiger partial charge is 0.284 e. The number of nitrogens with one attached hydrogen (secondary N) is 2. The summed E-state index contributed by atoms with van der Waals surface area (Å²) in [5.41, 5.74) is 3.85. The van der Waals surface area contributed by atoms with Crippen molar-refractivity contribution in [1.29, 1.82) is 0 Å². The van der Waals surface area contributed by atoms with Gasteiger partial charge in [-0.2, -0.15) is 5.10 Å². The van der Waals surface area contributed by atoms with E-state index in [0.717, 1.165) is 0 Å². The van der Waals surface area contributed by atoms with Gasteiger partial charge in [0.05, 0.1) is 17.5 Å². The van der Waals surface area contributed by atoms with E-state index < -0.39 is 12.0 Å². The summed E-state index contributed by atoms with van der Waals surface area (Å²) >= 11 is 0. The van der Waals surface area contributed by atoms with Crippen LogP contribution in [0.15, 0.2) is 64.5 Å². The summed E-state index contributed by atoms with van der Waals surface area (Å²) < 4.78 is 12.6. The highest BCUT2D eigenvalue weighted by Crippen LogP contribution is 2.30. The van der Waals surface area contributed by atoms with Crippen molar-refractivity contribution in [3.05, 3.63) is 76.2 Å². The van der Waals surface area contributed by atoms with Crippen LogP contribution in [0.25, 0.3) is 5.69 Å². The van der Waals surface area contributed by atoms with Crippen molar-refractivity contribution in [3.63, 3.8) is 0 Å². The number of ether oxygens (including phenoxy) is 2. The number of para-hydroxylation sites is 3. The second kappa shape index (κ2) is 7.43. The summed E-state index contributed by atoms with van der Waals surface area (Å²) in [6, 6.07) is 16.3. The molecule has 1 aromatic heterocycles. The Morgan fingerprint density at radius 3 is 2.68 bits per heavy atom. The Kier molecular flexibility index (Phi) is 4.67. The van der Waals surface area contributed by atoms with Gasteiger partial charge in [0.2, 0.25) is 6.10 Å². The molecule has 2 heterocycles. The molecule has 0 radical (unpaired) electrons. The fourth-order valence-corrected chi connectivity index (χ4v) is 2.85. The maximum atomic E-state index is 12.6. The molecule has 2 aromatic carbocycles. The number of aromatic nitrogens is 2. The quantitative estimate of drug-likeness (QED) is 0.534. The topological polar surface area (TPSA) is 97.7 Å². The van der Waals surface area contributed by atoms with Gasteiger partial charge in [-0.1, -0.05) is 30.3 Å². The number of nitrogens with zero attached hydrogens (tertiary/aromatic N) is 2. The van der Waals surface area contributed by atoms with Gasteiger partial charge >= 0.3 is 0 Å². The number of amides is 1. The Morgan fingerprint density at radius 1 is 1.18 bits per heavy atom. The number of aryl methyl sites for hydroxylation is 1. The molecule has 28 heavy (non-hydrogen) atoms. The first-order valence-electron chi connectivity index (χ1n) is 8.72. The molecular weight excluding hydrogens is 360 g/mol. The lowest BCUT2D eigenvalue weighted by Crippen LogP contribution is -2.42. The third-order valence-corrected chi connectivity index (χ3v) is 4.30. The van der Waals surface area contributed by atoms with E-state index in [0.29, 0.717) is 28.4 Å². The van der Waals surface area contributed by atoms with Gasteiger partial charge in [-0.15, -0.1) is 0 Å². The number of fused-ring (bicyclic) bond motifs is 1. The number of hydrogen-bond donors (Lipinski definition) is 2. The predicted molar refractivity (Wildman–Crippen MR) is 103 cm³/mol. The van der Waals surface area contributed by atoms with Crippen LogP contribution in [0.5, 0.6) is 11.5 Å². The minimum Gasteiger partial charge on any atom is -0.485 e. The third-order valence-electron chi connectivity index (χ3n) is 4.30. The zero-order chi connectivity index (χ0) is 19.5. The maximum absolute atomic E-state index is 12.6. The summed E-state index contributed by atoms with van der Waals surface area (Å²) in [7, 11) is 0. The molecule has 1 amide bonds. The molecule has 1 atom stereocenters. The number of hydrazone groups is 1. The van der Waals surface area contributed by atoms with Gasteiger partial charge in [-0.05, 0) is 31.2 Å². The van der Waals surface area contributed by atoms with Gasteiger partial charge in [0.1, 0.15) is 6.61 Å². The number of benzene rings is 2. The van der Waals surface area contributed by atoms with Crippen molar-refractivity contribution in [3.8, 4) is 17.2 Å². The summed E-state index contributed by atoms with van der Waals surface area (Å²) in [5, 5.41) is 6.91. The van der Waals surface area contributed by atoms with E-state index in [1.165, 1.54) is 10.9 Å². The Hall–Kier alpha value is -3.81. The lowest BCUT2D eigenvalue weighted by atomic mass is 10.2. The largest absolute Gasteiger partial charge is 0.485 e. The first-order chi connectivity index (χ1) is 13.6. The average Bonchev–Trinajstić information content (AvgIpc) is 3.02. The Balaban J connectivity index is 1.45. The van der Waals surface area contributed by atoms with Crippen LogP contribution < -0.4 is 20.5 Å². The van der Waals surface area contributed by atoms with E-state index >= 15 is 0 Å². The number of hydrogen-bond acceptors (Lipinski definition) is 5. The highest BCUT2D eigenvalue weighted by Gasteiger charge is 2.27. The van der Waals surface area contributed by atoms with Gasteiger partial charge in [-0.3, -0.25) is 14.7 Å². The number of carbonyl (C=O) groups excluding carboxylic acids is 1. The molecule has 3 aromatic rings. The van der Waals surface area contributed by atoms with Crippen LogP contribution in [0.3, 0.4) is 0 Å². The molecule has 0 saturated heterocycles. The van der Waals surface area contributed by atoms with Crippen LogP contribution in [0.2, 0.25) is 0 Å². The van der Waals surface area contributed by atoms with Crippen molar-refractivity contribution in [2.45, 2.75) is 13.0 Å². The molecule has 2 N–H and O–H groups in total. The van der Waals surface area contributed by atoms with E-state index in [-0.39, 0.29) is 12.2 Å². The Labute approximate surface area is 160 Å². The van der Waals surface area contributed by atoms with Crippen molar-refractivity contribution in [2.24, 2.45) is 5.10 Å². The molecule has 1 aliphatic rings. The monoisotopic (exact) mass is 378 g/mol. The lowest BCUT2D eigenvalue weighted by molar-refractivity contribution is -0.130. The normalized spacial score (nSPS) is 15.5.